The van der Waals surface area contributed by atoms with Gasteiger partial charge in [-0.2, -0.15) is 0 Å². The maximum Gasteiger partial charge on any atom is 0.305 e. The molecule has 32 nitrogen and oxygen atoms in total. The minimum Gasteiger partial charge on any atom is -0.481 e. The third-order valence-electron chi connectivity index (χ3n) is 12.9. The van der Waals surface area contributed by atoms with Gasteiger partial charge in [0.2, 0.25) is 59.1 Å². The largest absolute Gasteiger partial charge is 0.481 e. The highest BCUT2D eigenvalue weighted by Crippen LogP contribution is 2.14. The van der Waals surface area contributed by atoms with Gasteiger partial charge in [-0.15, -0.1) is 0 Å². The van der Waals surface area contributed by atoms with Gasteiger partial charge in [0.1, 0.15) is 48.3 Å². The summed E-state index contributed by atoms with van der Waals surface area (Å²) in [6.07, 6.45) is -2.95. The summed E-state index contributed by atoms with van der Waals surface area (Å²) in [6.45, 7) is -0.552. The lowest BCUT2D eigenvalue weighted by atomic mass is 10.0. The van der Waals surface area contributed by atoms with E-state index < -0.39 is 195 Å². The quantitative estimate of drug-likeness (QED) is 0.0253. The van der Waals surface area contributed by atoms with E-state index >= 15 is 0 Å². The van der Waals surface area contributed by atoms with Gasteiger partial charge in [0, 0.05) is 25.7 Å². The van der Waals surface area contributed by atoms with Gasteiger partial charge < -0.3 is 95.3 Å². The van der Waals surface area contributed by atoms with Crippen LogP contribution in [0.4, 0.5) is 0 Å². The fourth-order valence-electron chi connectivity index (χ4n) is 8.42. The van der Waals surface area contributed by atoms with E-state index in [4.69, 9.17) is 11.5 Å². The average molecular weight is 1140 g/mol. The van der Waals surface area contributed by atoms with Gasteiger partial charge in [0.15, 0.2) is 0 Å². The van der Waals surface area contributed by atoms with Crippen LogP contribution in [0.2, 0.25) is 0 Å². The Bertz CT molecular complexity index is 2040. The average Bonchev–Trinajstić information content (AvgIpc) is 4.05. The topological polar surface area (TPSA) is 533 Å². The number of nitrogens with one attached hydrogen (secondary N) is 10. The number of carbonyl (C=O) groups is 14. The summed E-state index contributed by atoms with van der Waals surface area (Å²) in [5.74, 6) is -15.3. The highest BCUT2D eigenvalue weighted by atomic mass is 16.4. The van der Waals surface area contributed by atoms with Crippen molar-refractivity contribution in [2.24, 2.45) is 11.5 Å². The molecule has 2 rings (SSSR count). The summed E-state index contributed by atoms with van der Waals surface area (Å²) in [6, 6.07) is -14.3. The molecule has 2 aliphatic rings. The van der Waals surface area contributed by atoms with Crippen molar-refractivity contribution in [1.29, 1.82) is 0 Å². The van der Waals surface area contributed by atoms with Crippen molar-refractivity contribution in [3.05, 3.63) is 0 Å². The molecule has 0 bridgehead atoms. The molecule has 0 unspecified atom stereocenters. The standard InChI is InChI=1S/C48H78N12O20/c49-19-5-3-7-25(23-61)51-41(73)27(55-47(79)33(21-39(69)70)59-45(77)31(13-17-37(65)66)57-43(75)29-11-15-35(63)53-29)9-1-2-10-28(42(74)52-26(24-62)8-4-6-20-50)56-48(80)34(22-40(71)72)60-46(78)32(14-18-38(67)68)58-44(76)30-12-16-36(64)54-30/h25-34,61-62H,1-24,49-50H2,(H,51,73)(H,52,74)(H,53,63)(H,54,64)(H,55,79)(H,56,80)(H,57,75)(H,58,76)(H,59,77)(H,60,78)(H,65,66)(H,67,68)(H,69,70)(H,71,72)/t25-,26-,27-,28-,29-,30-,31-,32-,33-,34-/m0/s1. The summed E-state index contributed by atoms with van der Waals surface area (Å²) in [5, 5.41) is 82.2. The number of rotatable bonds is 41. The van der Waals surface area contributed by atoms with Crippen LogP contribution < -0.4 is 64.6 Å². The number of nitrogens with two attached hydrogens (primary N) is 2. The fraction of sp³-hybridized carbons (Fsp3) is 0.708. The van der Waals surface area contributed by atoms with Crippen LogP contribution in [0.3, 0.4) is 0 Å². The molecule has 450 valence electrons. The number of carboxylic acids is 4. The Morgan fingerprint density at radius 3 is 1.00 bits per heavy atom. The van der Waals surface area contributed by atoms with Crippen molar-refractivity contribution < 1.29 is 97.8 Å². The molecule has 2 fully saturated rings. The van der Waals surface area contributed by atoms with Crippen molar-refractivity contribution in [3.8, 4) is 0 Å². The highest BCUT2D eigenvalue weighted by molar-refractivity contribution is 5.99. The van der Waals surface area contributed by atoms with E-state index in [1.54, 1.807) is 0 Å². The first kappa shape index (κ1) is 68.5. The molecule has 0 aromatic rings. The SMILES string of the molecule is NCCCC[C@@H](CO)NC(=O)[C@H](CCCC[C@H](NC(=O)[C@H](CC(=O)O)NC(=O)[C@H](CCC(=O)O)NC(=O)[C@@H]1CCC(=O)N1)C(=O)N[C@H](CO)CCCCN)NC(=O)[C@H](CC(=O)O)NC(=O)[C@H](CCC(=O)O)NC(=O)[C@@H]1CCC(=O)N1. The number of amides is 10. The molecule has 10 amide bonds. The van der Waals surface area contributed by atoms with Gasteiger partial charge >= 0.3 is 23.9 Å². The summed E-state index contributed by atoms with van der Waals surface area (Å²) in [4.78, 5) is 179. The maximum absolute atomic E-state index is 14.0. The van der Waals surface area contributed by atoms with Gasteiger partial charge in [-0.25, -0.2) is 0 Å². The zero-order chi connectivity index (χ0) is 59.9. The molecule has 2 aliphatic heterocycles. The minimum atomic E-state index is -1.96. The molecule has 0 aliphatic carbocycles. The van der Waals surface area contributed by atoms with Crippen LogP contribution in [0.15, 0.2) is 0 Å². The summed E-state index contributed by atoms with van der Waals surface area (Å²) >= 11 is 0. The van der Waals surface area contributed by atoms with E-state index in [0.29, 0.717) is 38.8 Å². The first-order valence-corrected chi connectivity index (χ1v) is 26.4. The number of hydrogen-bond donors (Lipinski definition) is 18. The monoisotopic (exact) mass is 1140 g/mol. The lowest BCUT2D eigenvalue weighted by Gasteiger charge is -2.27. The smallest absolute Gasteiger partial charge is 0.305 e. The molecule has 10 atom stereocenters. The van der Waals surface area contributed by atoms with E-state index in [2.05, 4.69) is 53.2 Å². The third kappa shape index (κ3) is 26.4. The van der Waals surface area contributed by atoms with Crippen LogP contribution in [-0.4, -0.2) is 200 Å². The maximum atomic E-state index is 14.0. The summed E-state index contributed by atoms with van der Waals surface area (Å²) in [5.41, 5.74) is 11.2. The lowest BCUT2D eigenvalue weighted by molar-refractivity contribution is -0.142. The second-order valence-electron chi connectivity index (χ2n) is 19.4. The highest BCUT2D eigenvalue weighted by Gasteiger charge is 2.37. The molecule has 0 aromatic heterocycles. The van der Waals surface area contributed by atoms with Crippen molar-refractivity contribution in [3.63, 3.8) is 0 Å². The molecule has 0 aromatic carbocycles. The predicted octanol–water partition coefficient (Wildman–Crippen LogP) is -6.10. The van der Waals surface area contributed by atoms with Crippen LogP contribution in [0, 0.1) is 0 Å². The second-order valence-corrected chi connectivity index (χ2v) is 19.4. The van der Waals surface area contributed by atoms with E-state index in [9.17, 15) is 97.8 Å². The Labute approximate surface area is 459 Å². The number of aliphatic carboxylic acids is 4. The van der Waals surface area contributed by atoms with Gasteiger partial charge in [0.05, 0.1) is 38.1 Å². The van der Waals surface area contributed by atoms with Gasteiger partial charge in [-0.1, -0.05) is 25.7 Å². The Hall–Kier alpha value is -7.58. The Kier molecular flexibility index (Phi) is 31.3. The van der Waals surface area contributed by atoms with E-state index in [1.807, 2.05) is 0 Å². The summed E-state index contributed by atoms with van der Waals surface area (Å²) < 4.78 is 0. The Balaban J connectivity index is 2.47. The Morgan fingerprint density at radius 1 is 0.412 bits per heavy atom. The van der Waals surface area contributed by atoms with Gasteiger partial charge in [-0.05, 0) is 77.3 Å². The zero-order valence-electron chi connectivity index (χ0n) is 44.3. The Morgan fingerprint density at radius 2 is 0.713 bits per heavy atom. The van der Waals surface area contributed by atoms with Gasteiger partial charge in [-0.3, -0.25) is 67.1 Å². The van der Waals surface area contributed by atoms with Crippen molar-refractivity contribution >= 4 is 82.9 Å². The number of aliphatic hydroxyl groups is 2. The summed E-state index contributed by atoms with van der Waals surface area (Å²) in [7, 11) is 0. The molecular weight excluding hydrogens is 1060 g/mol. The van der Waals surface area contributed by atoms with Crippen LogP contribution in [0.25, 0.3) is 0 Å². The number of carbonyl (C=O) groups excluding carboxylic acids is 10. The molecule has 80 heavy (non-hydrogen) atoms. The van der Waals surface area contributed by atoms with Crippen LogP contribution >= 0.6 is 0 Å². The van der Waals surface area contributed by atoms with Gasteiger partial charge in [0.25, 0.3) is 0 Å². The molecule has 32 heteroatoms. The third-order valence-corrected chi connectivity index (χ3v) is 12.9. The molecule has 2 saturated heterocycles. The predicted molar refractivity (Wildman–Crippen MR) is 274 cm³/mol. The molecular formula is C48H78N12O20. The van der Waals surface area contributed by atoms with Crippen molar-refractivity contribution in [2.75, 3.05) is 26.3 Å². The number of unbranched alkanes of at least 4 members (excludes halogenated alkanes) is 3. The first-order chi connectivity index (χ1) is 37.9. The van der Waals surface area contributed by atoms with E-state index in [-0.39, 0.29) is 64.2 Å². The molecule has 0 spiro atoms. The van der Waals surface area contributed by atoms with E-state index in [1.165, 1.54) is 0 Å². The van der Waals surface area contributed by atoms with Crippen molar-refractivity contribution in [1.82, 2.24) is 53.2 Å². The normalized spacial score (nSPS) is 17.7. The molecule has 0 radical (unpaired) electrons. The first-order valence-electron chi connectivity index (χ1n) is 26.4. The van der Waals surface area contributed by atoms with Crippen molar-refractivity contribution in [2.45, 2.75) is 189 Å². The number of hydrogen-bond acceptors (Lipinski definition) is 18. The molecule has 0 saturated carbocycles. The van der Waals surface area contributed by atoms with Crippen LogP contribution in [-0.2, 0) is 67.1 Å². The second kappa shape index (κ2) is 36.6. The molecule has 2 heterocycles. The zero-order valence-corrected chi connectivity index (χ0v) is 44.3. The van der Waals surface area contributed by atoms with Crippen LogP contribution in [0.1, 0.15) is 128 Å². The van der Waals surface area contributed by atoms with Crippen LogP contribution in [0.5, 0.6) is 0 Å². The lowest BCUT2D eigenvalue weighted by Crippen LogP contribution is -2.59. The molecule has 20 N–H and O–H groups in total. The van der Waals surface area contributed by atoms with E-state index in [0.717, 1.165) is 0 Å². The minimum absolute atomic E-state index is 0.00803. The fourth-order valence-corrected chi connectivity index (χ4v) is 8.42. The number of aliphatic hydroxyl groups excluding tert-OH is 2. The number of carboxylic acid groups (broad SMARTS) is 4.